The van der Waals surface area contributed by atoms with Crippen LogP contribution in [-0.4, -0.2) is 7.11 Å². The molecule has 0 amide bonds. The monoisotopic (exact) mass is 326 g/mol. The van der Waals surface area contributed by atoms with E-state index in [9.17, 15) is 0 Å². The number of hydrogen-bond donors (Lipinski definition) is 2. The molecule has 2 rings (SSSR count). The molecule has 0 spiro atoms. The van der Waals surface area contributed by atoms with Crippen molar-refractivity contribution in [3.63, 3.8) is 0 Å². The maximum Gasteiger partial charge on any atom is 0.122 e. The SMILES string of the molecule is COc1cc(Br)cc(Nc2ccc(Cl)cc2N)c1. The largest absolute Gasteiger partial charge is 0.497 e. The summed E-state index contributed by atoms with van der Waals surface area (Å²) in [6.45, 7) is 0. The van der Waals surface area contributed by atoms with Crippen molar-refractivity contribution in [2.75, 3.05) is 18.2 Å². The molecule has 0 radical (unpaired) electrons. The normalized spacial score (nSPS) is 10.2. The number of ether oxygens (including phenoxy) is 1. The number of nitrogen functional groups attached to an aromatic ring is 1. The van der Waals surface area contributed by atoms with Crippen LogP contribution in [-0.2, 0) is 0 Å². The highest BCUT2D eigenvalue weighted by atomic mass is 79.9. The van der Waals surface area contributed by atoms with Crippen LogP contribution in [0.4, 0.5) is 17.1 Å². The van der Waals surface area contributed by atoms with Gasteiger partial charge in [0.1, 0.15) is 5.75 Å². The lowest BCUT2D eigenvalue weighted by molar-refractivity contribution is 0.415. The lowest BCUT2D eigenvalue weighted by Gasteiger charge is -2.11. The van der Waals surface area contributed by atoms with Crippen molar-refractivity contribution in [2.24, 2.45) is 0 Å². The molecular weight excluding hydrogens is 316 g/mol. The van der Waals surface area contributed by atoms with Gasteiger partial charge >= 0.3 is 0 Å². The van der Waals surface area contributed by atoms with E-state index in [1.165, 1.54) is 0 Å². The minimum absolute atomic E-state index is 0.599. The smallest absolute Gasteiger partial charge is 0.122 e. The number of anilines is 3. The fraction of sp³-hybridized carbons (Fsp3) is 0.0769. The van der Waals surface area contributed by atoms with E-state index in [2.05, 4.69) is 21.2 Å². The molecule has 18 heavy (non-hydrogen) atoms. The fourth-order valence-corrected chi connectivity index (χ4v) is 2.21. The Morgan fingerprint density at radius 3 is 2.67 bits per heavy atom. The Balaban J connectivity index is 2.30. The van der Waals surface area contributed by atoms with Gasteiger partial charge in [-0.15, -0.1) is 0 Å². The Morgan fingerprint density at radius 2 is 2.00 bits per heavy atom. The molecule has 0 aromatic heterocycles. The first-order valence-electron chi connectivity index (χ1n) is 5.25. The number of hydrogen-bond acceptors (Lipinski definition) is 3. The predicted molar refractivity (Wildman–Crippen MR) is 79.8 cm³/mol. The number of rotatable bonds is 3. The summed E-state index contributed by atoms with van der Waals surface area (Å²) >= 11 is 9.28. The Hall–Kier alpha value is -1.39. The average molecular weight is 328 g/mol. The van der Waals surface area contributed by atoms with E-state index >= 15 is 0 Å². The van der Waals surface area contributed by atoms with Crippen molar-refractivity contribution >= 4 is 44.6 Å². The van der Waals surface area contributed by atoms with Crippen molar-refractivity contribution in [3.05, 3.63) is 45.9 Å². The molecule has 0 aliphatic carbocycles. The molecule has 94 valence electrons. The van der Waals surface area contributed by atoms with Crippen molar-refractivity contribution in [2.45, 2.75) is 0 Å². The Kier molecular flexibility index (Phi) is 3.99. The molecule has 0 fully saturated rings. The third-order valence-electron chi connectivity index (χ3n) is 2.40. The van der Waals surface area contributed by atoms with Gasteiger partial charge in [0.2, 0.25) is 0 Å². The first-order chi connectivity index (χ1) is 8.58. The molecule has 3 nitrogen and oxygen atoms in total. The lowest BCUT2D eigenvalue weighted by Crippen LogP contribution is -1.96. The number of methoxy groups -OCH3 is 1. The molecule has 2 aromatic carbocycles. The number of benzene rings is 2. The second-order valence-electron chi connectivity index (χ2n) is 3.74. The van der Waals surface area contributed by atoms with E-state index in [-0.39, 0.29) is 0 Å². The summed E-state index contributed by atoms with van der Waals surface area (Å²) in [5, 5.41) is 3.84. The van der Waals surface area contributed by atoms with E-state index in [1.54, 1.807) is 19.2 Å². The second-order valence-corrected chi connectivity index (χ2v) is 5.09. The highest BCUT2D eigenvalue weighted by Crippen LogP contribution is 2.30. The highest BCUT2D eigenvalue weighted by Gasteiger charge is 2.03. The van der Waals surface area contributed by atoms with Crippen molar-refractivity contribution in [1.82, 2.24) is 0 Å². The topological polar surface area (TPSA) is 47.3 Å². The second kappa shape index (κ2) is 5.50. The van der Waals surface area contributed by atoms with Crippen molar-refractivity contribution in [1.29, 1.82) is 0 Å². The van der Waals surface area contributed by atoms with Gasteiger partial charge < -0.3 is 15.8 Å². The van der Waals surface area contributed by atoms with Gasteiger partial charge in [0.05, 0.1) is 18.5 Å². The van der Waals surface area contributed by atoms with Crippen LogP contribution in [0, 0.1) is 0 Å². The van der Waals surface area contributed by atoms with Crippen molar-refractivity contribution < 1.29 is 4.74 Å². The Labute approximate surface area is 119 Å². The summed E-state index contributed by atoms with van der Waals surface area (Å²) in [5.41, 5.74) is 8.18. The third-order valence-corrected chi connectivity index (χ3v) is 3.09. The summed E-state index contributed by atoms with van der Waals surface area (Å²) in [6.07, 6.45) is 0. The van der Waals surface area contributed by atoms with E-state index in [0.29, 0.717) is 10.7 Å². The zero-order chi connectivity index (χ0) is 13.1. The molecule has 0 atom stereocenters. The molecule has 0 saturated carbocycles. The van der Waals surface area contributed by atoms with Crippen LogP contribution in [0.25, 0.3) is 0 Å². The zero-order valence-corrected chi connectivity index (χ0v) is 12.0. The molecule has 0 bridgehead atoms. The van der Waals surface area contributed by atoms with Crippen LogP contribution in [0.5, 0.6) is 5.75 Å². The summed E-state index contributed by atoms with van der Waals surface area (Å²) in [5.74, 6) is 0.763. The minimum Gasteiger partial charge on any atom is -0.497 e. The predicted octanol–water partition coefficient (Wildman–Crippen LogP) is 4.44. The first-order valence-corrected chi connectivity index (χ1v) is 6.42. The van der Waals surface area contributed by atoms with E-state index in [1.807, 2.05) is 24.3 Å². The van der Waals surface area contributed by atoms with Gasteiger partial charge in [-0.2, -0.15) is 0 Å². The summed E-state index contributed by atoms with van der Waals surface area (Å²) in [6, 6.07) is 11.0. The quantitative estimate of drug-likeness (QED) is 0.819. The molecule has 2 aromatic rings. The van der Waals surface area contributed by atoms with Gasteiger partial charge in [-0.1, -0.05) is 27.5 Å². The Morgan fingerprint density at radius 1 is 1.22 bits per heavy atom. The molecule has 3 N–H and O–H groups in total. The molecule has 0 unspecified atom stereocenters. The van der Waals surface area contributed by atoms with Crippen molar-refractivity contribution in [3.8, 4) is 5.75 Å². The maximum absolute atomic E-state index is 5.89. The van der Waals surface area contributed by atoms with Gasteiger partial charge in [-0.3, -0.25) is 0 Å². The van der Waals surface area contributed by atoms with Gasteiger partial charge in [0.15, 0.2) is 0 Å². The first kappa shape index (κ1) is 13.1. The van der Waals surface area contributed by atoms with E-state index in [4.69, 9.17) is 22.1 Å². The number of nitrogens with one attached hydrogen (secondary N) is 1. The van der Waals surface area contributed by atoms with E-state index < -0.39 is 0 Å². The molecule has 0 saturated heterocycles. The maximum atomic E-state index is 5.89. The zero-order valence-electron chi connectivity index (χ0n) is 9.71. The molecule has 0 heterocycles. The summed E-state index contributed by atoms with van der Waals surface area (Å²) in [7, 11) is 1.63. The van der Waals surface area contributed by atoms with Gasteiger partial charge in [0, 0.05) is 21.2 Å². The van der Waals surface area contributed by atoms with Crippen LogP contribution >= 0.6 is 27.5 Å². The highest BCUT2D eigenvalue weighted by molar-refractivity contribution is 9.10. The van der Waals surface area contributed by atoms with Crippen LogP contribution in [0.15, 0.2) is 40.9 Å². The van der Waals surface area contributed by atoms with Gasteiger partial charge in [-0.25, -0.2) is 0 Å². The van der Waals surface area contributed by atoms with Crippen LogP contribution in [0.3, 0.4) is 0 Å². The van der Waals surface area contributed by atoms with Crippen LogP contribution in [0.1, 0.15) is 0 Å². The number of nitrogens with two attached hydrogens (primary N) is 1. The van der Waals surface area contributed by atoms with Crippen LogP contribution < -0.4 is 15.8 Å². The van der Waals surface area contributed by atoms with E-state index in [0.717, 1.165) is 21.6 Å². The standard InChI is InChI=1S/C13H12BrClN2O/c1-18-11-5-8(14)4-10(7-11)17-13-3-2-9(15)6-12(13)16/h2-7,17H,16H2,1H3. The third kappa shape index (κ3) is 3.09. The molecule has 5 heteroatoms. The van der Waals surface area contributed by atoms with Gasteiger partial charge in [-0.05, 0) is 30.3 Å². The summed E-state index contributed by atoms with van der Waals surface area (Å²) < 4.78 is 6.13. The average Bonchev–Trinajstić information content (AvgIpc) is 2.32. The number of halogens is 2. The minimum atomic E-state index is 0.599. The summed E-state index contributed by atoms with van der Waals surface area (Å²) in [4.78, 5) is 0. The molecule has 0 aliphatic heterocycles. The fourth-order valence-electron chi connectivity index (χ4n) is 1.56. The van der Waals surface area contributed by atoms with Gasteiger partial charge in [0.25, 0.3) is 0 Å². The molecular formula is C13H12BrClN2O. The molecule has 0 aliphatic rings. The lowest BCUT2D eigenvalue weighted by atomic mass is 10.2. The van der Waals surface area contributed by atoms with Crippen LogP contribution in [0.2, 0.25) is 5.02 Å². The Bertz CT molecular complexity index is 575.